The summed E-state index contributed by atoms with van der Waals surface area (Å²) < 4.78 is 16.0. The molecule has 0 N–H and O–H groups in total. The minimum atomic E-state index is -0.162. The van der Waals surface area contributed by atoms with E-state index >= 15 is 0 Å². The molecule has 0 saturated carbocycles. The topological polar surface area (TPSA) is 48.0 Å². The number of hydrogen-bond acceptors (Lipinski definition) is 5. The molecule has 2 rings (SSSR count). The van der Waals surface area contributed by atoms with Crippen LogP contribution in [-0.2, 0) is 16.1 Å². The standard InChI is InChI=1S/C17H25NO4/c1-4-22-17(19)14-9-5-6-11-18(14)12-13-8-7-10-15(20-2)16(13)21-3/h7-8,10,14H,4-6,9,11-12H2,1-3H3/t14-/m1/s1. The van der Waals surface area contributed by atoms with E-state index in [0.29, 0.717) is 18.9 Å². The molecule has 1 atom stereocenters. The van der Waals surface area contributed by atoms with Crippen LogP contribution in [0.15, 0.2) is 18.2 Å². The first-order valence-electron chi connectivity index (χ1n) is 7.81. The van der Waals surface area contributed by atoms with Crippen LogP contribution in [0.1, 0.15) is 31.7 Å². The number of likely N-dealkylation sites (tertiary alicyclic amines) is 1. The van der Waals surface area contributed by atoms with Crippen molar-refractivity contribution in [2.75, 3.05) is 27.4 Å². The van der Waals surface area contributed by atoms with Crippen LogP contribution in [0.3, 0.4) is 0 Å². The lowest BCUT2D eigenvalue weighted by Gasteiger charge is -2.34. The molecule has 1 aromatic rings. The van der Waals surface area contributed by atoms with Crippen LogP contribution in [0.5, 0.6) is 11.5 Å². The Hall–Kier alpha value is -1.75. The smallest absolute Gasteiger partial charge is 0.323 e. The molecule has 0 radical (unpaired) electrons. The lowest BCUT2D eigenvalue weighted by atomic mass is 10.0. The van der Waals surface area contributed by atoms with Crippen LogP contribution < -0.4 is 9.47 Å². The van der Waals surface area contributed by atoms with Crippen molar-refractivity contribution in [1.29, 1.82) is 0 Å². The van der Waals surface area contributed by atoms with Crippen LogP contribution in [0, 0.1) is 0 Å². The number of piperidine rings is 1. The molecule has 0 amide bonds. The quantitative estimate of drug-likeness (QED) is 0.756. The summed E-state index contributed by atoms with van der Waals surface area (Å²) in [7, 11) is 3.27. The second-order valence-corrected chi connectivity index (χ2v) is 5.39. The summed E-state index contributed by atoms with van der Waals surface area (Å²) in [6.45, 7) is 3.81. The van der Waals surface area contributed by atoms with Gasteiger partial charge in [0.05, 0.1) is 20.8 Å². The Kier molecular flexibility index (Phi) is 6.07. The van der Waals surface area contributed by atoms with E-state index in [1.165, 1.54) is 0 Å². The molecule has 1 saturated heterocycles. The molecule has 0 bridgehead atoms. The predicted molar refractivity (Wildman–Crippen MR) is 84.2 cm³/mol. The lowest BCUT2D eigenvalue weighted by molar-refractivity contribution is -0.151. The van der Waals surface area contributed by atoms with Crippen LogP contribution >= 0.6 is 0 Å². The molecule has 1 aliphatic heterocycles. The third-order valence-electron chi connectivity index (χ3n) is 4.03. The second-order valence-electron chi connectivity index (χ2n) is 5.39. The average Bonchev–Trinajstić information content (AvgIpc) is 2.55. The van der Waals surface area contributed by atoms with E-state index in [4.69, 9.17) is 14.2 Å². The van der Waals surface area contributed by atoms with Gasteiger partial charge in [-0.2, -0.15) is 0 Å². The molecule has 0 aromatic heterocycles. The molecule has 5 nitrogen and oxygen atoms in total. The fourth-order valence-corrected chi connectivity index (χ4v) is 2.98. The second kappa shape index (κ2) is 8.03. The highest BCUT2D eigenvalue weighted by atomic mass is 16.5. The SMILES string of the molecule is CCOC(=O)[C@H]1CCCCN1Cc1cccc(OC)c1OC. The van der Waals surface area contributed by atoms with Crippen molar-refractivity contribution in [2.45, 2.75) is 38.8 Å². The Morgan fingerprint density at radius 3 is 2.77 bits per heavy atom. The van der Waals surface area contributed by atoms with Crippen molar-refractivity contribution in [3.63, 3.8) is 0 Å². The number of methoxy groups -OCH3 is 2. The molecular weight excluding hydrogens is 282 g/mol. The Bertz CT molecular complexity index is 503. The average molecular weight is 307 g/mol. The van der Waals surface area contributed by atoms with Gasteiger partial charge in [-0.3, -0.25) is 9.69 Å². The number of carbonyl (C=O) groups excluding carboxylic acids is 1. The Labute approximate surface area is 132 Å². The minimum Gasteiger partial charge on any atom is -0.493 e. The summed E-state index contributed by atoms with van der Waals surface area (Å²) in [5, 5.41) is 0. The maximum absolute atomic E-state index is 12.2. The highest BCUT2D eigenvalue weighted by molar-refractivity contribution is 5.75. The molecule has 22 heavy (non-hydrogen) atoms. The van der Waals surface area contributed by atoms with E-state index in [2.05, 4.69) is 4.90 Å². The normalized spacial score (nSPS) is 18.8. The zero-order valence-electron chi connectivity index (χ0n) is 13.6. The van der Waals surface area contributed by atoms with Crippen LogP contribution in [0.2, 0.25) is 0 Å². The molecule has 1 heterocycles. The van der Waals surface area contributed by atoms with Crippen molar-refractivity contribution in [3.05, 3.63) is 23.8 Å². The summed E-state index contributed by atoms with van der Waals surface area (Å²) in [6.07, 6.45) is 3.02. The van der Waals surface area contributed by atoms with Crippen LogP contribution in [-0.4, -0.2) is 44.3 Å². The highest BCUT2D eigenvalue weighted by Crippen LogP contribution is 2.32. The van der Waals surface area contributed by atoms with Gasteiger partial charge in [-0.25, -0.2) is 0 Å². The fourth-order valence-electron chi connectivity index (χ4n) is 2.98. The number of rotatable bonds is 6. The Balaban J connectivity index is 2.18. The van der Waals surface area contributed by atoms with E-state index in [1.807, 2.05) is 25.1 Å². The lowest BCUT2D eigenvalue weighted by Crippen LogP contribution is -2.45. The van der Waals surface area contributed by atoms with Gasteiger partial charge in [0.2, 0.25) is 0 Å². The molecule has 0 unspecified atom stereocenters. The van der Waals surface area contributed by atoms with Gasteiger partial charge >= 0.3 is 5.97 Å². The van der Waals surface area contributed by atoms with Gasteiger partial charge in [0, 0.05) is 12.1 Å². The summed E-state index contributed by atoms with van der Waals surface area (Å²) >= 11 is 0. The van der Waals surface area contributed by atoms with E-state index < -0.39 is 0 Å². The van der Waals surface area contributed by atoms with Gasteiger partial charge in [0.15, 0.2) is 11.5 Å². The fraction of sp³-hybridized carbons (Fsp3) is 0.588. The van der Waals surface area contributed by atoms with Crippen LogP contribution in [0.4, 0.5) is 0 Å². The van der Waals surface area contributed by atoms with Gasteiger partial charge < -0.3 is 14.2 Å². The number of para-hydroxylation sites is 1. The summed E-state index contributed by atoms with van der Waals surface area (Å²) in [5.74, 6) is 1.33. The molecule has 122 valence electrons. The van der Waals surface area contributed by atoms with Gasteiger partial charge in [0.1, 0.15) is 6.04 Å². The van der Waals surface area contributed by atoms with Gasteiger partial charge in [0.25, 0.3) is 0 Å². The van der Waals surface area contributed by atoms with E-state index in [9.17, 15) is 4.79 Å². The summed E-state index contributed by atoms with van der Waals surface area (Å²) in [4.78, 5) is 14.3. The third kappa shape index (κ3) is 3.71. The van der Waals surface area contributed by atoms with Crippen molar-refractivity contribution in [2.24, 2.45) is 0 Å². The third-order valence-corrected chi connectivity index (χ3v) is 4.03. The zero-order chi connectivity index (χ0) is 15.9. The highest BCUT2D eigenvalue weighted by Gasteiger charge is 2.30. The number of hydrogen-bond donors (Lipinski definition) is 0. The van der Waals surface area contributed by atoms with Crippen LogP contribution in [0.25, 0.3) is 0 Å². The first-order chi connectivity index (χ1) is 10.7. The number of nitrogens with zero attached hydrogens (tertiary/aromatic N) is 1. The molecule has 1 aliphatic rings. The first kappa shape index (κ1) is 16.6. The Morgan fingerprint density at radius 1 is 1.27 bits per heavy atom. The minimum absolute atomic E-state index is 0.121. The first-order valence-corrected chi connectivity index (χ1v) is 7.81. The molecule has 1 fully saturated rings. The van der Waals surface area contributed by atoms with Gasteiger partial charge in [-0.1, -0.05) is 18.6 Å². The van der Waals surface area contributed by atoms with Crippen molar-refractivity contribution >= 4 is 5.97 Å². The van der Waals surface area contributed by atoms with E-state index in [1.54, 1.807) is 14.2 Å². The Morgan fingerprint density at radius 2 is 2.09 bits per heavy atom. The molecule has 5 heteroatoms. The predicted octanol–water partition coefficient (Wildman–Crippen LogP) is 2.62. The maximum atomic E-state index is 12.2. The molecular formula is C17H25NO4. The number of ether oxygens (including phenoxy) is 3. The van der Waals surface area contributed by atoms with Crippen molar-refractivity contribution in [3.8, 4) is 11.5 Å². The zero-order valence-corrected chi connectivity index (χ0v) is 13.6. The number of esters is 1. The van der Waals surface area contributed by atoms with Crippen molar-refractivity contribution in [1.82, 2.24) is 4.90 Å². The number of benzene rings is 1. The molecule has 0 aliphatic carbocycles. The van der Waals surface area contributed by atoms with Crippen molar-refractivity contribution < 1.29 is 19.0 Å². The molecule has 1 aromatic carbocycles. The van der Waals surface area contributed by atoms with E-state index in [0.717, 1.165) is 37.1 Å². The van der Waals surface area contributed by atoms with E-state index in [-0.39, 0.29) is 12.0 Å². The monoisotopic (exact) mass is 307 g/mol. The van der Waals surface area contributed by atoms with Gasteiger partial charge in [-0.05, 0) is 32.4 Å². The summed E-state index contributed by atoms with van der Waals surface area (Å²) in [6, 6.07) is 5.67. The summed E-state index contributed by atoms with van der Waals surface area (Å²) in [5.41, 5.74) is 1.03. The molecule has 0 spiro atoms. The largest absolute Gasteiger partial charge is 0.493 e. The number of carbonyl (C=O) groups is 1. The van der Waals surface area contributed by atoms with Gasteiger partial charge in [-0.15, -0.1) is 0 Å². The maximum Gasteiger partial charge on any atom is 0.323 e.